The lowest BCUT2D eigenvalue weighted by atomic mass is 9.81. The maximum atomic E-state index is 13.9. The van der Waals surface area contributed by atoms with Crippen molar-refractivity contribution in [2.24, 2.45) is 0 Å². The van der Waals surface area contributed by atoms with Gasteiger partial charge in [-0.1, -0.05) is 54.6 Å². The zero-order valence-corrected chi connectivity index (χ0v) is 17.7. The summed E-state index contributed by atoms with van der Waals surface area (Å²) in [4.78, 5) is 31.8. The molecule has 3 atom stereocenters. The van der Waals surface area contributed by atoms with E-state index in [-0.39, 0.29) is 23.8 Å². The summed E-state index contributed by atoms with van der Waals surface area (Å²) in [5, 5.41) is 2.01. The van der Waals surface area contributed by atoms with Gasteiger partial charge in [0.1, 0.15) is 0 Å². The van der Waals surface area contributed by atoms with Crippen molar-refractivity contribution in [2.75, 3.05) is 20.1 Å². The number of nitrogens with zero attached hydrogens (tertiary/aromatic N) is 2. The predicted molar refractivity (Wildman–Crippen MR) is 119 cm³/mol. The summed E-state index contributed by atoms with van der Waals surface area (Å²) in [7, 11) is 1.82. The SMILES string of the molecule is CN1C(=O)c2ccccc2C(C(=O)N2CCC(c3ccccc3)C2)C1c1cccs1. The van der Waals surface area contributed by atoms with Crippen LogP contribution in [0.3, 0.4) is 0 Å². The van der Waals surface area contributed by atoms with Crippen LogP contribution in [0.4, 0.5) is 0 Å². The molecule has 3 aromatic rings. The lowest BCUT2D eigenvalue weighted by molar-refractivity contribution is -0.133. The first kappa shape index (κ1) is 19.1. The van der Waals surface area contributed by atoms with Gasteiger partial charge in [0, 0.05) is 36.5 Å². The van der Waals surface area contributed by atoms with E-state index in [4.69, 9.17) is 0 Å². The van der Waals surface area contributed by atoms with Crippen LogP contribution in [0.2, 0.25) is 0 Å². The van der Waals surface area contributed by atoms with E-state index in [2.05, 4.69) is 24.3 Å². The Balaban J connectivity index is 1.51. The van der Waals surface area contributed by atoms with Crippen LogP contribution in [0.15, 0.2) is 72.1 Å². The molecule has 3 unspecified atom stereocenters. The summed E-state index contributed by atoms with van der Waals surface area (Å²) in [6, 6.07) is 21.8. The predicted octanol–water partition coefficient (Wildman–Crippen LogP) is 4.67. The number of hydrogen-bond donors (Lipinski definition) is 0. The van der Waals surface area contributed by atoms with E-state index in [0.29, 0.717) is 11.5 Å². The molecule has 1 fully saturated rings. The van der Waals surface area contributed by atoms with E-state index in [1.54, 1.807) is 16.2 Å². The average molecular weight is 417 g/mol. The third kappa shape index (κ3) is 3.14. The zero-order chi connectivity index (χ0) is 20.7. The van der Waals surface area contributed by atoms with Crippen LogP contribution in [0.25, 0.3) is 0 Å². The molecule has 1 saturated heterocycles. The Hall–Kier alpha value is -2.92. The Bertz CT molecular complexity index is 1060. The van der Waals surface area contributed by atoms with Crippen LogP contribution < -0.4 is 0 Å². The van der Waals surface area contributed by atoms with E-state index in [1.807, 2.05) is 59.8 Å². The van der Waals surface area contributed by atoms with Crippen LogP contribution in [-0.4, -0.2) is 41.8 Å². The van der Waals surface area contributed by atoms with E-state index in [9.17, 15) is 9.59 Å². The molecule has 2 aromatic carbocycles. The summed E-state index contributed by atoms with van der Waals surface area (Å²) >= 11 is 1.61. The van der Waals surface area contributed by atoms with Gasteiger partial charge in [0.25, 0.3) is 5.91 Å². The zero-order valence-electron chi connectivity index (χ0n) is 16.9. The molecule has 4 nitrogen and oxygen atoms in total. The quantitative estimate of drug-likeness (QED) is 0.622. The maximum Gasteiger partial charge on any atom is 0.254 e. The van der Waals surface area contributed by atoms with Gasteiger partial charge in [-0.2, -0.15) is 0 Å². The van der Waals surface area contributed by atoms with Gasteiger partial charge in [0.2, 0.25) is 5.91 Å². The molecule has 0 aliphatic carbocycles. The Kier molecular flexibility index (Phi) is 4.91. The molecule has 0 saturated carbocycles. The number of fused-ring (bicyclic) bond motifs is 1. The van der Waals surface area contributed by atoms with E-state index in [1.165, 1.54) is 5.56 Å². The number of carbonyl (C=O) groups excluding carboxylic acids is 2. The molecule has 30 heavy (non-hydrogen) atoms. The van der Waals surface area contributed by atoms with Crippen molar-refractivity contribution in [1.29, 1.82) is 0 Å². The van der Waals surface area contributed by atoms with Gasteiger partial charge in [-0.15, -0.1) is 11.3 Å². The fourth-order valence-electron chi connectivity index (χ4n) is 4.91. The van der Waals surface area contributed by atoms with Gasteiger partial charge in [-0.3, -0.25) is 9.59 Å². The molecular formula is C25H24N2O2S. The summed E-state index contributed by atoms with van der Waals surface area (Å²) in [5.74, 6) is 0.0980. The minimum absolute atomic E-state index is 0.0170. The number of likely N-dealkylation sites (tertiary alicyclic amines) is 1. The lowest BCUT2D eigenvalue weighted by Gasteiger charge is -2.40. The number of hydrogen-bond acceptors (Lipinski definition) is 3. The highest BCUT2D eigenvalue weighted by atomic mass is 32.1. The molecule has 5 rings (SSSR count). The highest BCUT2D eigenvalue weighted by Gasteiger charge is 2.45. The van der Waals surface area contributed by atoms with E-state index < -0.39 is 0 Å². The van der Waals surface area contributed by atoms with Crippen molar-refractivity contribution in [3.8, 4) is 0 Å². The standard InChI is InChI=1S/C25H24N2O2S/c1-26-23(21-12-7-15-30-21)22(19-10-5-6-11-20(19)24(26)28)25(29)27-14-13-18(16-27)17-8-3-2-4-9-17/h2-12,15,18,22-23H,13-14,16H2,1H3. The topological polar surface area (TPSA) is 40.6 Å². The summed E-state index contributed by atoms with van der Waals surface area (Å²) in [6.07, 6.45) is 0.975. The summed E-state index contributed by atoms with van der Waals surface area (Å²) < 4.78 is 0. The summed E-state index contributed by atoms with van der Waals surface area (Å²) in [5.41, 5.74) is 2.79. The van der Waals surface area contributed by atoms with Crippen molar-refractivity contribution in [3.63, 3.8) is 0 Å². The molecule has 5 heteroatoms. The maximum absolute atomic E-state index is 13.9. The van der Waals surface area contributed by atoms with Gasteiger partial charge < -0.3 is 9.80 Å². The van der Waals surface area contributed by atoms with Gasteiger partial charge in [-0.25, -0.2) is 0 Å². The van der Waals surface area contributed by atoms with Crippen LogP contribution in [0.1, 0.15) is 50.7 Å². The van der Waals surface area contributed by atoms with Crippen LogP contribution >= 0.6 is 11.3 Å². The van der Waals surface area contributed by atoms with Crippen LogP contribution in [0.5, 0.6) is 0 Å². The Morgan fingerprint density at radius 2 is 1.77 bits per heavy atom. The first-order valence-corrected chi connectivity index (χ1v) is 11.3. The highest BCUT2D eigenvalue weighted by Crippen LogP contribution is 2.45. The van der Waals surface area contributed by atoms with Crippen molar-refractivity contribution in [2.45, 2.75) is 24.3 Å². The lowest BCUT2D eigenvalue weighted by Crippen LogP contribution is -2.46. The molecule has 0 radical (unpaired) electrons. The normalized spacial score (nSPS) is 23.5. The molecule has 0 spiro atoms. The van der Waals surface area contributed by atoms with Gasteiger partial charge in [0.05, 0.1) is 12.0 Å². The van der Waals surface area contributed by atoms with Gasteiger partial charge >= 0.3 is 0 Å². The fourth-order valence-corrected chi connectivity index (χ4v) is 5.82. The van der Waals surface area contributed by atoms with Gasteiger partial charge in [0.15, 0.2) is 0 Å². The number of amides is 2. The molecule has 2 aliphatic rings. The Morgan fingerprint density at radius 1 is 1.00 bits per heavy atom. The first-order valence-electron chi connectivity index (χ1n) is 10.4. The van der Waals surface area contributed by atoms with Crippen molar-refractivity contribution >= 4 is 23.2 Å². The smallest absolute Gasteiger partial charge is 0.254 e. The molecule has 0 bridgehead atoms. The largest absolute Gasteiger partial charge is 0.341 e. The van der Waals surface area contributed by atoms with Crippen molar-refractivity contribution in [3.05, 3.63) is 93.7 Å². The Morgan fingerprint density at radius 3 is 2.53 bits per heavy atom. The number of likely N-dealkylation sites (N-methyl/N-ethyl adjacent to an activating group) is 1. The van der Waals surface area contributed by atoms with E-state index in [0.717, 1.165) is 30.0 Å². The number of benzene rings is 2. The number of thiophene rings is 1. The third-order valence-corrected chi connectivity index (χ3v) is 7.39. The number of carbonyl (C=O) groups is 2. The molecule has 152 valence electrons. The van der Waals surface area contributed by atoms with Crippen molar-refractivity contribution in [1.82, 2.24) is 9.80 Å². The van der Waals surface area contributed by atoms with Crippen molar-refractivity contribution < 1.29 is 9.59 Å². The van der Waals surface area contributed by atoms with Gasteiger partial charge in [-0.05, 0) is 35.1 Å². The second-order valence-electron chi connectivity index (χ2n) is 8.12. The second kappa shape index (κ2) is 7.73. The van der Waals surface area contributed by atoms with E-state index >= 15 is 0 Å². The van der Waals surface area contributed by atoms with Crippen LogP contribution in [0, 0.1) is 0 Å². The third-order valence-electron chi connectivity index (χ3n) is 6.45. The summed E-state index contributed by atoms with van der Waals surface area (Å²) in [6.45, 7) is 1.49. The monoisotopic (exact) mass is 416 g/mol. The molecule has 2 amide bonds. The molecule has 0 N–H and O–H groups in total. The number of rotatable bonds is 3. The first-order chi connectivity index (χ1) is 14.6. The fraction of sp³-hybridized carbons (Fsp3) is 0.280. The highest BCUT2D eigenvalue weighted by molar-refractivity contribution is 7.10. The minimum Gasteiger partial charge on any atom is -0.341 e. The molecular weight excluding hydrogens is 392 g/mol. The second-order valence-corrected chi connectivity index (χ2v) is 9.10. The average Bonchev–Trinajstić information content (AvgIpc) is 3.49. The minimum atomic E-state index is -0.378. The Labute approximate surface area is 180 Å². The molecule has 3 heterocycles. The molecule has 2 aliphatic heterocycles. The molecule has 1 aromatic heterocycles. The van der Waals surface area contributed by atoms with Crippen LogP contribution in [-0.2, 0) is 4.79 Å².